The fraction of sp³-hybridized carbons (Fsp3) is 0.786. The Hall–Kier alpha value is -1.83. The van der Waals surface area contributed by atoms with Crippen LogP contribution in [0, 0.1) is 0 Å². The Balaban J connectivity index is 2.69. The number of likely N-dealkylation sites (tertiary alicyclic amines) is 1. The lowest BCUT2D eigenvalue weighted by Crippen LogP contribution is -2.73. The van der Waals surface area contributed by atoms with Gasteiger partial charge in [-0.2, -0.15) is 0 Å². The average Bonchev–Trinajstić information content (AvgIpc) is 2.30. The standard InChI is InChI=1S/C14H25N3O5/c1-9(11(20)15-5)16-14(6-10(18)19)7-17(8-14)12(21)22-13(2,3)4/h9,16H,6-8H2,1-5H3,(H,15,20)(H,18,19). The van der Waals surface area contributed by atoms with Crippen LogP contribution in [-0.2, 0) is 14.3 Å². The fourth-order valence-corrected chi connectivity index (χ4v) is 2.42. The maximum Gasteiger partial charge on any atom is 0.410 e. The summed E-state index contributed by atoms with van der Waals surface area (Å²) in [5.74, 6) is -1.22. The van der Waals surface area contributed by atoms with E-state index in [1.165, 1.54) is 11.9 Å². The first kappa shape index (κ1) is 18.2. The molecular weight excluding hydrogens is 290 g/mol. The predicted octanol–water partition coefficient (Wildman–Crippen LogP) is 0.175. The average molecular weight is 315 g/mol. The van der Waals surface area contributed by atoms with E-state index in [2.05, 4.69) is 10.6 Å². The fourth-order valence-electron chi connectivity index (χ4n) is 2.42. The summed E-state index contributed by atoms with van der Waals surface area (Å²) in [6, 6.07) is -0.551. The summed E-state index contributed by atoms with van der Waals surface area (Å²) in [5, 5.41) is 14.6. The first-order valence-electron chi connectivity index (χ1n) is 7.17. The second kappa shape index (κ2) is 6.51. The minimum Gasteiger partial charge on any atom is -0.481 e. The van der Waals surface area contributed by atoms with Crippen LogP contribution in [0.15, 0.2) is 0 Å². The Morgan fingerprint density at radius 2 is 1.86 bits per heavy atom. The molecule has 1 aliphatic heterocycles. The van der Waals surface area contributed by atoms with Gasteiger partial charge in [-0.25, -0.2) is 4.79 Å². The van der Waals surface area contributed by atoms with Crippen molar-refractivity contribution in [1.82, 2.24) is 15.5 Å². The van der Waals surface area contributed by atoms with Crippen LogP contribution in [0.2, 0.25) is 0 Å². The summed E-state index contributed by atoms with van der Waals surface area (Å²) in [4.78, 5) is 36.0. The summed E-state index contributed by atoms with van der Waals surface area (Å²) in [5.41, 5.74) is -1.42. The molecule has 126 valence electrons. The molecule has 2 amide bonds. The predicted molar refractivity (Wildman–Crippen MR) is 79.5 cm³/mol. The monoisotopic (exact) mass is 315 g/mol. The maximum absolute atomic E-state index is 11.9. The van der Waals surface area contributed by atoms with Crippen molar-refractivity contribution in [2.45, 2.75) is 51.3 Å². The lowest BCUT2D eigenvalue weighted by molar-refractivity contribution is -0.142. The second-order valence-electron chi connectivity index (χ2n) is 6.67. The van der Waals surface area contributed by atoms with Crippen molar-refractivity contribution < 1.29 is 24.2 Å². The van der Waals surface area contributed by atoms with Crippen molar-refractivity contribution in [3.05, 3.63) is 0 Å². The molecule has 1 heterocycles. The first-order valence-corrected chi connectivity index (χ1v) is 7.17. The van der Waals surface area contributed by atoms with Crippen LogP contribution in [0.25, 0.3) is 0 Å². The van der Waals surface area contributed by atoms with Gasteiger partial charge in [0.25, 0.3) is 0 Å². The maximum atomic E-state index is 11.9. The van der Waals surface area contributed by atoms with Gasteiger partial charge in [-0.1, -0.05) is 0 Å². The van der Waals surface area contributed by atoms with Gasteiger partial charge in [0, 0.05) is 20.1 Å². The van der Waals surface area contributed by atoms with Gasteiger partial charge >= 0.3 is 12.1 Å². The van der Waals surface area contributed by atoms with E-state index < -0.39 is 29.2 Å². The second-order valence-corrected chi connectivity index (χ2v) is 6.67. The number of carboxylic acid groups (broad SMARTS) is 1. The zero-order chi connectivity index (χ0) is 17.1. The minimum atomic E-state index is -0.986. The number of hydrogen-bond acceptors (Lipinski definition) is 5. The molecule has 0 radical (unpaired) electrons. The van der Waals surface area contributed by atoms with E-state index in [9.17, 15) is 14.4 Å². The first-order chi connectivity index (χ1) is 9.98. The summed E-state index contributed by atoms with van der Waals surface area (Å²) in [7, 11) is 1.51. The highest BCUT2D eigenvalue weighted by Crippen LogP contribution is 2.27. The number of carbonyl (C=O) groups excluding carboxylic acids is 2. The number of amides is 2. The van der Waals surface area contributed by atoms with E-state index in [0.717, 1.165) is 0 Å². The number of carboxylic acids is 1. The molecule has 0 aromatic heterocycles. The highest BCUT2D eigenvalue weighted by Gasteiger charge is 2.48. The van der Waals surface area contributed by atoms with Gasteiger partial charge in [0.15, 0.2) is 0 Å². The molecule has 1 rings (SSSR count). The normalized spacial score (nSPS) is 18.1. The van der Waals surface area contributed by atoms with E-state index in [4.69, 9.17) is 9.84 Å². The number of nitrogens with zero attached hydrogens (tertiary/aromatic N) is 1. The van der Waals surface area contributed by atoms with Gasteiger partial charge < -0.3 is 20.1 Å². The molecule has 0 saturated carbocycles. The van der Waals surface area contributed by atoms with Crippen molar-refractivity contribution in [3.63, 3.8) is 0 Å². The molecule has 3 N–H and O–H groups in total. The highest BCUT2D eigenvalue weighted by atomic mass is 16.6. The quantitative estimate of drug-likeness (QED) is 0.668. The summed E-state index contributed by atoms with van der Waals surface area (Å²) in [6.07, 6.45) is -0.656. The molecule has 0 bridgehead atoms. The van der Waals surface area contributed by atoms with Crippen LogP contribution in [0.5, 0.6) is 0 Å². The Kier molecular flexibility index (Phi) is 5.39. The van der Waals surface area contributed by atoms with Crippen molar-refractivity contribution >= 4 is 18.0 Å². The van der Waals surface area contributed by atoms with Crippen molar-refractivity contribution in [2.75, 3.05) is 20.1 Å². The molecule has 1 atom stereocenters. The van der Waals surface area contributed by atoms with Gasteiger partial charge in [-0.05, 0) is 27.7 Å². The van der Waals surface area contributed by atoms with E-state index in [-0.39, 0.29) is 25.4 Å². The molecule has 1 aliphatic rings. The topological polar surface area (TPSA) is 108 Å². The van der Waals surface area contributed by atoms with Crippen LogP contribution in [0.1, 0.15) is 34.1 Å². The van der Waals surface area contributed by atoms with E-state index in [0.29, 0.717) is 0 Å². The third-order valence-electron chi connectivity index (χ3n) is 3.29. The number of rotatable bonds is 5. The minimum absolute atomic E-state index is 0.173. The van der Waals surface area contributed by atoms with Crippen molar-refractivity contribution in [3.8, 4) is 0 Å². The van der Waals surface area contributed by atoms with Gasteiger partial charge in [0.1, 0.15) is 5.60 Å². The van der Waals surface area contributed by atoms with E-state index in [1.807, 2.05) is 0 Å². The number of hydrogen-bond donors (Lipinski definition) is 3. The highest BCUT2D eigenvalue weighted by molar-refractivity contribution is 5.81. The molecule has 8 nitrogen and oxygen atoms in total. The van der Waals surface area contributed by atoms with Crippen LogP contribution in [-0.4, -0.2) is 65.3 Å². The Labute approximate surface area is 130 Å². The van der Waals surface area contributed by atoms with Crippen LogP contribution < -0.4 is 10.6 Å². The van der Waals surface area contributed by atoms with Gasteiger partial charge in [0.05, 0.1) is 18.0 Å². The zero-order valence-corrected chi connectivity index (χ0v) is 13.7. The van der Waals surface area contributed by atoms with Gasteiger partial charge in [0.2, 0.25) is 5.91 Å². The Bertz CT molecular complexity index is 452. The number of aliphatic carboxylic acids is 1. The molecule has 0 aliphatic carbocycles. The number of carbonyl (C=O) groups is 3. The number of likely N-dealkylation sites (N-methyl/N-ethyl adjacent to an activating group) is 1. The molecule has 1 unspecified atom stereocenters. The molecule has 1 saturated heterocycles. The summed E-state index contributed by atoms with van der Waals surface area (Å²) >= 11 is 0. The van der Waals surface area contributed by atoms with E-state index in [1.54, 1.807) is 27.7 Å². The van der Waals surface area contributed by atoms with Gasteiger partial charge in [-0.3, -0.25) is 14.9 Å². The summed E-state index contributed by atoms with van der Waals surface area (Å²) in [6.45, 7) is 7.33. The third kappa shape index (κ3) is 4.87. The lowest BCUT2D eigenvalue weighted by Gasteiger charge is -2.50. The zero-order valence-electron chi connectivity index (χ0n) is 13.7. The molecular formula is C14H25N3O5. The molecule has 0 spiro atoms. The Morgan fingerprint density at radius 1 is 1.32 bits per heavy atom. The Morgan fingerprint density at radius 3 is 2.27 bits per heavy atom. The SMILES string of the molecule is CNC(=O)C(C)NC1(CC(=O)O)CN(C(=O)OC(C)(C)C)C1. The van der Waals surface area contributed by atoms with Crippen LogP contribution in [0.3, 0.4) is 0 Å². The molecule has 1 fully saturated rings. The third-order valence-corrected chi connectivity index (χ3v) is 3.29. The molecule has 8 heteroatoms. The smallest absolute Gasteiger partial charge is 0.410 e. The van der Waals surface area contributed by atoms with Crippen molar-refractivity contribution in [2.24, 2.45) is 0 Å². The lowest BCUT2D eigenvalue weighted by atomic mass is 9.85. The van der Waals surface area contributed by atoms with E-state index >= 15 is 0 Å². The summed E-state index contributed by atoms with van der Waals surface area (Å²) < 4.78 is 5.25. The number of nitrogens with one attached hydrogen (secondary N) is 2. The largest absolute Gasteiger partial charge is 0.481 e. The molecule has 0 aromatic carbocycles. The molecule has 0 aromatic rings. The van der Waals surface area contributed by atoms with Gasteiger partial charge in [-0.15, -0.1) is 0 Å². The van der Waals surface area contributed by atoms with Crippen LogP contribution >= 0.6 is 0 Å². The van der Waals surface area contributed by atoms with Crippen LogP contribution in [0.4, 0.5) is 4.79 Å². The number of ether oxygens (including phenoxy) is 1. The van der Waals surface area contributed by atoms with Crippen molar-refractivity contribution in [1.29, 1.82) is 0 Å². The molecule has 22 heavy (non-hydrogen) atoms.